The lowest BCUT2D eigenvalue weighted by Crippen LogP contribution is -2.00. The van der Waals surface area contributed by atoms with E-state index in [4.69, 9.17) is 0 Å². The third kappa shape index (κ3) is 3.89. The summed E-state index contributed by atoms with van der Waals surface area (Å²) >= 11 is 0. The minimum atomic E-state index is -0.423. The molecule has 0 radical (unpaired) electrons. The van der Waals surface area contributed by atoms with Crippen molar-refractivity contribution < 1.29 is 4.92 Å². The average Bonchev–Trinajstić information content (AvgIpc) is 2.53. The van der Waals surface area contributed by atoms with E-state index in [0.717, 1.165) is 17.7 Å². The van der Waals surface area contributed by atoms with Crippen molar-refractivity contribution in [1.82, 2.24) is 0 Å². The Morgan fingerprint density at radius 3 is 2.29 bits per heavy atom. The maximum atomic E-state index is 10.6. The molecule has 21 heavy (non-hydrogen) atoms. The summed E-state index contributed by atoms with van der Waals surface area (Å²) in [5.74, 6) is 0. The van der Waals surface area contributed by atoms with Crippen molar-refractivity contribution in [3.8, 4) is 0 Å². The fourth-order valence-electron chi connectivity index (χ4n) is 1.85. The van der Waals surface area contributed by atoms with Crippen LogP contribution in [0.2, 0.25) is 0 Å². The maximum absolute atomic E-state index is 10.6. The SMILES string of the molecule is CCc1ccc(/C(C)=N/Nc2ccc([N+](=O)[O-])cc2)cc1. The van der Waals surface area contributed by atoms with E-state index >= 15 is 0 Å². The van der Waals surface area contributed by atoms with E-state index in [1.54, 1.807) is 12.1 Å². The first-order chi connectivity index (χ1) is 10.1. The second-order valence-electron chi connectivity index (χ2n) is 4.66. The first-order valence-corrected chi connectivity index (χ1v) is 6.74. The lowest BCUT2D eigenvalue weighted by Gasteiger charge is -2.04. The Labute approximate surface area is 123 Å². The second kappa shape index (κ2) is 6.65. The number of nitrogens with one attached hydrogen (secondary N) is 1. The van der Waals surface area contributed by atoms with Gasteiger partial charge < -0.3 is 0 Å². The van der Waals surface area contributed by atoms with Crippen LogP contribution in [0.5, 0.6) is 0 Å². The van der Waals surface area contributed by atoms with Crippen molar-refractivity contribution >= 4 is 17.1 Å². The predicted octanol–water partition coefficient (Wildman–Crippen LogP) is 3.99. The largest absolute Gasteiger partial charge is 0.278 e. The Bertz CT molecular complexity index is 646. The molecule has 2 aromatic carbocycles. The summed E-state index contributed by atoms with van der Waals surface area (Å²) in [5.41, 5.74) is 6.87. The molecular formula is C16H17N3O2. The van der Waals surface area contributed by atoms with Gasteiger partial charge in [-0.1, -0.05) is 31.2 Å². The summed E-state index contributed by atoms with van der Waals surface area (Å²) in [6.07, 6.45) is 1.01. The number of nitrogens with zero attached hydrogens (tertiary/aromatic N) is 2. The molecule has 0 aliphatic carbocycles. The smallest absolute Gasteiger partial charge is 0.269 e. The van der Waals surface area contributed by atoms with Gasteiger partial charge in [-0.05, 0) is 36.6 Å². The standard InChI is InChI=1S/C16H17N3O2/c1-3-13-4-6-14(7-5-13)12(2)17-18-15-8-10-16(11-9-15)19(20)21/h4-11,18H,3H2,1-2H3/b17-12+. The minimum absolute atomic E-state index is 0.0661. The summed E-state index contributed by atoms with van der Waals surface area (Å²) in [4.78, 5) is 10.2. The molecule has 0 saturated heterocycles. The molecule has 5 heteroatoms. The summed E-state index contributed by atoms with van der Waals surface area (Å²) in [7, 11) is 0. The van der Waals surface area contributed by atoms with Crippen LogP contribution >= 0.6 is 0 Å². The lowest BCUT2D eigenvalue weighted by molar-refractivity contribution is -0.384. The number of benzene rings is 2. The zero-order valence-corrected chi connectivity index (χ0v) is 12.0. The van der Waals surface area contributed by atoms with Crippen LogP contribution in [0.25, 0.3) is 0 Å². The lowest BCUT2D eigenvalue weighted by atomic mass is 10.1. The van der Waals surface area contributed by atoms with Crippen LogP contribution in [0.3, 0.4) is 0 Å². The molecule has 0 heterocycles. The van der Waals surface area contributed by atoms with Gasteiger partial charge in [-0.25, -0.2) is 0 Å². The number of anilines is 1. The number of nitro groups is 1. The van der Waals surface area contributed by atoms with Crippen molar-refractivity contribution in [2.24, 2.45) is 5.10 Å². The van der Waals surface area contributed by atoms with Gasteiger partial charge in [0.05, 0.1) is 16.3 Å². The fourth-order valence-corrected chi connectivity index (χ4v) is 1.85. The molecule has 0 aliphatic heterocycles. The average molecular weight is 283 g/mol. The third-order valence-electron chi connectivity index (χ3n) is 3.21. The molecule has 2 aromatic rings. The first-order valence-electron chi connectivity index (χ1n) is 6.74. The van der Waals surface area contributed by atoms with Crippen LogP contribution in [0.15, 0.2) is 53.6 Å². The zero-order valence-electron chi connectivity index (χ0n) is 12.0. The normalized spacial score (nSPS) is 11.2. The fraction of sp³-hybridized carbons (Fsp3) is 0.188. The van der Waals surface area contributed by atoms with Crippen LogP contribution < -0.4 is 5.43 Å². The molecule has 0 amide bonds. The van der Waals surface area contributed by atoms with Crippen LogP contribution in [0.1, 0.15) is 25.0 Å². The summed E-state index contributed by atoms with van der Waals surface area (Å²) in [6, 6.07) is 14.4. The Kier molecular flexibility index (Phi) is 4.66. The van der Waals surface area contributed by atoms with Crippen molar-refractivity contribution in [3.05, 3.63) is 69.8 Å². The van der Waals surface area contributed by atoms with Gasteiger partial charge in [-0.3, -0.25) is 15.5 Å². The second-order valence-corrected chi connectivity index (χ2v) is 4.66. The van der Waals surface area contributed by atoms with Gasteiger partial charge in [-0.2, -0.15) is 5.10 Å². The van der Waals surface area contributed by atoms with Crippen LogP contribution in [0.4, 0.5) is 11.4 Å². The van der Waals surface area contributed by atoms with Gasteiger partial charge in [0.15, 0.2) is 0 Å². The number of hydrazone groups is 1. The molecule has 0 fully saturated rings. The predicted molar refractivity (Wildman–Crippen MR) is 84.8 cm³/mol. The molecule has 0 spiro atoms. The Morgan fingerprint density at radius 1 is 1.14 bits per heavy atom. The Morgan fingerprint density at radius 2 is 1.76 bits per heavy atom. The number of rotatable bonds is 5. The number of hydrogen-bond donors (Lipinski definition) is 1. The summed E-state index contributed by atoms with van der Waals surface area (Å²) < 4.78 is 0. The van der Waals surface area contributed by atoms with Crippen LogP contribution in [0, 0.1) is 10.1 Å². The minimum Gasteiger partial charge on any atom is -0.278 e. The molecule has 0 saturated carbocycles. The van der Waals surface area contributed by atoms with E-state index in [-0.39, 0.29) is 5.69 Å². The van der Waals surface area contributed by atoms with E-state index in [1.165, 1.54) is 17.7 Å². The van der Waals surface area contributed by atoms with Crippen LogP contribution in [-0.2, 0) is 6.42 Å². The number of hydrogen-bond acceptors (Lipinski definition) is 4. The van der Waals surface area contributed by atoms with Gasteiger partial charge in [0.1, 0.15) is 0 Å². The molecule has 0 bridgehead atoms. The molecular weight excluding hydrogens is 266 g/mol. The van der Waals surface area contributed by atoms with Crippen molar-refractivity contribution in [2.75, 3.05) is 5.43 Å². The summed E-state index contributed by atoms with van der Waals surface area (Å²) in [6.45, 7) is 4.03. The highest BCUT2D eigenvalue weighted by Crippen LogP contribution is 2.15. The summed E-state index contributed by atoms with van der Waals surface area (Å²) in [5, 5.41) is 14.9. The maximum Gasteiger partial charge on any atom is 0.269 e. The van der Waals surface area contributed by atoms with E-state index < -0.39 is 4.92 Å². The van der Waals surface area contributed by atoms with Crippen molar-refractivity contribution in [2.45, 2.75) is 20.3 Å². The Balaban J connectivity index is 2.06. The van der Waals surface area contributed by atoms with Crippen molar-refractivity contribution in [1.29, 1.82) is 0 Å². The Hall–Kier alpha value is -2.69. The molecule has 0 aromatic heterocycles. The quantitative estimate of drug-likeness (QED) is 0.512. The number of aryl methyl sites for hydroxylation is 1. The third-order valence-corrected chi connectivity index (χ3v) is 3.21. The highest BCUT2D eigenvalue weighted by molar-refractivity contribution is 5.99. The molecule has 5 nitrogen and oxygen atoms in total. The van der Waals surface area contributed by atoms with Crippen molar-refractivity contribution in [3.63, 3.8) is 0 Å². The van der Waals surface area contributed by atoms with Gasteiger partial charge in [0.2, 0.25) is 0 Å². The number of non-ortho nitro benzene ring substituents is 1. The van der Waals surface area contributed by atoms with E-state index in [0.29, 0.717) is 5.69 Å². The zero-order chi connectivity index (χ0) is 15.2. The van der Waals surface area contributed by atoms with Gasteiger partial charge in [0.25, 0.3) is 5.69 Å². The number of nitro benzene ring substituents is 1. The van der Waals surface area contributed by atoms with E-state index in [2.05, 4.69) is 29.6 Å². The molecule has 0 atom stereocenters. The molecule has 108 valence electrons. The molecule has 0 unspecified atom stereocenters. The van der Waals surface area contributed by atoms with Gasteiger partial charge in [-0.15, -0.1) is 0 Å². The monoisotopic (exact) mass is 283 g/mol. The highest BCUT2D eigenvalue weighted by Gasteiger charge is 2.03. The van der Waals surface area contributed by atoms with E-state index in [9.17, 15) is 10.1 Å². The topological polar surface area (TPSA) is 67.5 Å². The van der Waals surface area contributed by atoms with E-state index in [1.807, 2.05) is 19.1 Å². The highest BCUT2D eigenvalue weighted by atomic mass is 16.6. The first kappa shape index (κ1) is 14.7. The molecule has 2 rings (SSSR count). The van der Waals surface area contributed by atoms with Crippen LogP contribution in [-0.4, -0.2) is 10.6 Å². The van der Waals surface area contributed by atoms with Gasteiger partial charge >= 0.3 is 0 Å². The molecule has 1 N–H and O–H groups in total. The van der Waals surface area contributed by atoms with Gasteiger partial charge in [0, 0.05) is 12.1 Å². The molecule has 0 aliphatic rings.